The van der Waals surface area contributed by atoms with Gasteiger partial charge in [0.05, 0.1) is 18.4 Å². The molecule has 7 heteroatoms. The molecule has 0 aliphatic carbocycles. The van der Waals surface area contributed by atoms with Gasteiger partial charge in [-0.05, 0) is 30.3 Å². The van der Waals surface area contributed by atoms with Crippen molar-refractivity contribution in [2.24, 2.45) is 0 Å². The van der Waals surface area contributed by atoms with Crippen molar-refractivity contribution in [1.82, 2.24) is 4.90 Å². The normalized spacial score (nSPS) is 12.0. The molecule has 7 nitrogen and oxygen atoms in total. The van der Waals surface area contributed by atoms with Gasteiger partial charge in [-0.25, -0.2) is 4.79 Å². The Morgan fingerprint density at radius 3 is 2.83 bits per heavy atom. The van der Waals surface area contributed by atoms with Crippen LogP contribution in [0.15, 0.2) is 41.0 Å². The average molecular weight is 317 g/mol. The van der Waals surface area contributed by atoms with Crippen LogP contribution >= 0.6 is 0 Å². The molecule has 2 aromatic rings. The first-order valence-electron chi connectivity index (χ1n) is 6.96. The minimum atomic E-state index is -0.594. The predicted molar refractivity (Wildman–Crippen MR) is 78.0 cm³/mol. The van der Waals surface area contributed by atoms with Crippen LogP contribution in [0, 0.1) is 0 Å². The summed E-state index contributed by atoms with van der Waals surface area (Å²) < 4.78 is 20.6. The lowest BCUT2D eigenvalue weighted by Gasteiger charge is -2.15. The number of likely N-dealkylation sites (N-methyl/N-ethyl adjacent to an activating group) is 1. The van der Waals surface area contributed by atoms with Gasteiger partial charge >= 0.3 is 5.97 Å². The predicted octanol–water partition coefficient (Wildman–Crippen LogP) is 1.82. The summed E-state index contributed by atoms with van der Waals surface area (Å²) in [5, 5.41) is 0. The Kier molecular flexibility index (Phi) is 4.18. The number of nitrogens with zero attached hydrogens (tertiary/aromatic N) is 1. The fourth-order valence-electron chi connectivity index (χ4n) is 2.07. The first-order chi connectivity index (χ1) is 11.1. The van der Waals surface area contributed by atoms with Crippen molar-refractivity contribution in [3.05, 3.63) is 47.9 Å². The Labute approximate surface area is 132 Å². The molecule has 1 aromatic carbocycles. The third kappa shape index (κ3) is 3.45. The zero-order chi connectivity index (χ0) is 16.2. The zero-order valence-electron chi connectivity index (χ0n) is 12.5. The van der Waals surface area contributed by atoms with E-state index in [0.29, 0.717) is 29.4 Å². The summed E-state index contributed by atoms with van der Waals surface area (Å²) in [6.07, 6.45) is 1.54. The average Bonchev–Trinajstić information content (AvgIpc) is 3.22. The maximum atomic E-state index is 12.0. The summed E-state index contributed by atoms with van der Waals surface area (Å²) >= 11 is 0. The summed E-state index contributed by atoms with van der Waals surface area (Å²) in [5.41, 5.74) is 0.302. The molecule has 120 valence electrons. The molecule has 0 atom stereocenters. The number of amides is 1. The molecule has 0 saturated heterocycles. The van der Waals surface area contributed by atoms with Crippen LogP contribution in [0.25, 0.3) is 0 Å². The highest BCUT2D eigenvalue weighted by Gasteiger charge is 2.18. The second-order valence-electron chi connectivity index (χ2n) is 4.97. The molecular formula is C16H15NO6. The van der Waals surface area contributed by atoms with Crippen LogP contribution in [0.5, 0.6) is 11.5 Å². The smallest absolute Gasteiger partial charge is 0.338 e. The van der Waals surface area contributed by atoms with E-state index in [1.807, 2.05) is 0 Å². The molecule has 0 spiro atoms. The molecule has 0 unspecified atom stereocenters. The minimum Gasteiger partial charge on any atom is -0.467 e. The first-order valence-corrected chi connectivity index (χ1v) is 6.96. The highest BCUT2D eigenvalue weighted by molar-refractivity contribution is 5.92. The largest absolute Gasteiger partial charge is 0.467 e. The molecule has 0 fully saturated rings. The third-order valence-electron chi connectivity index (χ3n) is 3.33. The number of hydrogen-bond donors (Lipinski definition) is 0. The Bertz CT molecular complexity index is 709. The number of ether oxygens (including phenoxy) is 3. The fraction of sp³-hybridized carbons (Fsp3) is 0.250. The van der Waals surface area contributed by atoms with Crippen molar-refractivity contribution in [2.45, 2.75) is 6.54 Å². The molecule has 2 heterocycles. The van der Waals surface area contributed by atoms with Gasteiger partial charge in [-0.3, -0.25) is 4.79 Å². The van der Waals surface area contributed by atoms with E-state index in [4.69, 9.17) is 18.6 Å². The first kappa shape index (κ1) is 15.0. The van der Waals surface area contributed by atoms with Crippen molar-refractivity contribution < 1.29 is 28.2 Å². The molecule has 1 aliphatic rings. The Morgan fingerprint density at radius 1 is 1.22 bits per heavy atom. The second-order valence-corrected chi connectivity index (χ2v) is 4.97. The molecule has 0 saturated carbocycles. The maximum Gasteiger partial charge on any atom is 0.338 e. The van der Waals surface area contributed by atoms with Gasteiger partial charge in [0.2, 0.25) is 6.79 Å². The van der Waals surface area contributed by atoms with Gasteiger partial charge in [0.1, 0.15) is 5.76 Å². The van der Waals surface area contributed by atoms with Crippen LogP contribution in [0.2, 0.25) is 0 Å². The van der Waals surface area contributed by atoms with Crippen LogP contribution < -0.4 is 9.47 Å². The van der Waals surface area contributed by atoms with Gasteiger partial charge in [0.25, 0.3) is 5.91 Å². The summed E-state index contributed by atoms with van der Waals surface area (Å²) in [7, 11) is 1.61. The van der Waals surface area contributed by atoms with Crippen molar-refractivity contribution in [3.8, 4) is 11.5 Å². The van der Waals surface area contributed by atoms with Gasteiger partial charge in [-0.2, -0.15) is 0 Å². The van der Waals surface area contributed by atoms with Crippen molar-refractivity contribution in [2.75, 3.05) is 20.4 Å². The van der Waals surface area contributed by atoms with Gasteiger partial charge in [-0.1, -0.05) is 0 Å². The lowest BCUT2D eigenvalue weighted by Crippen LogP contribution is -2.30. The number of fused-ring (bicyclic) bond motifs is 1. The summed E-state index contributed by atoms with van der Waals surface area (Å²) in [4.78, 5) is 25.4. The standard InChI is InChI=1S/C16H15NO6/c1-17(8-12-3-2-6-20-12)15(18)9-21-16(19)11-4-5-13-14(7-11)23-10-22-13/h2-7H,8-10H2,1H3. The topological polar surface area (TPSA) is 78.2 Å². The van der Waals surface area contributed by atoms with E-state index in [9.17, 15) is 9.59 Å². The number of furan rings is 1. The monoisotopic (exact) mass is 317 g/mol. The van der Waals surface area contributed by atoms with E-state index in [2.05, 4.69) is 0 Å². The zero-order valence-corrected chi connectivity index (χ0v) is 12.5. The molecular weight excluding hydrogens is 302 g/mol. The van der Waals surface area contributed by atoms with Crippen molar-refractivity contribution in [1.29, 1.82) is 0 Å². The Hall–Kier alpha value is -2.96. The van der Waals surface area contributed by atoms with E-state index in [0.717, 1.165) is 0 Å². The summed E-state index contributed by atoms with van der Waals surface area (Å²) in [5.74, 6) is 0.804. The SMILES string of the molecule is CN(Cc1ccco1)C(=O)COC(=O)c1ccc2c(c1)OCO2. The molecule has 23 heavy (non-hydrogen) atoms. The number of rotatable bonds is 5. The number of carbonyl (C=O) groups is 2. The minimum absolute atomic E-state index is 0.129. The highest BCUT2D eigenvalue weighted by atomic mass is 16.7. The van der Waals surface area contributed by atoms with Gasteiger partial charge in [0.15, 0.2) is 18.1 Å². The van der Waals surface area contributed by atoms with Crippen LogP contribution in [0.4, 0.5) is 0 Å². The summed E-state index contributed by atoms with van der Waals surface area (Å²) in [6, 6.07) is 8.23. The van der Waals surface area contributed by atoms with E-state index in [1.165, 1.54) is 17.2 Å². The molecule has 1 aromatic heterocycles. The molecule has 0 bridgehead atoms. The molecule has 0 N–H and O–H groups in total. The van der Waals surface area contributed by atoms with Gasteiger partial charge in [-0.15, -0.1) is 0 Å². The third-order valence-corrected chi connectivity index (χ3v) is 3.33. The van der Waals surface area contributed by atoms with E-state index < -0.39 is 5.97 Å². The van der Waals surface area contributed by atoms with E-state index in [-0.39, 0.29) is 19.3 Å². The van der Waals surface area contributed by atoms with Crippen molar-refractivity contribution in [3.63, 3.8) is 0 Å². The maximum absolute atomic E-state index is 12.0. The van der Waals surface area contributed by atoms with Gasteiger partial charge < -0.3 is 23.5 Å². The van der Waals surface area contributed by atoms with Crippen LogP contribution in [0.1, 0.15) is 16.1 Å². The fourth-order valence-corrected chi connectivity index (χ4v) is 2.07. The van der Waals surface area contributed by atoms with Crippen LogP contribution in [-0.4, -0.2) is 37.2 Å². The number of hydrogen-bond acceptors (Lipinski definition) is 6. The van der Waals surface area contributed by atoms with Gasteiger partial charge in [0, 0.05) is 7.05 Å². The van der Waals surface area contributed by atoms with Crippen molar-refractivity contribution >= 4 is 11.9 Å². The molecule has 3 rings (SSSR count). The Balaban J connectivity index is 1.53. The number of benzene rings is 1. The molecule has 0 radical (unpaired) electrons. The van der Waals surface area contributed by atoms with Crippen LogP contribution in [0.3, 0.4) is 0 Å². The lowest BCUT2D eigenvalue weighted by atomic mass is 10.2. The van der Waals surface area contributed by atoms with E-state index >= 15 is 0 Å². The molecule has 1 amide bonds. The number of carbonyl (C=O) groups excluding carboxylic acids is 2. The molecule has 1 aliphatic heterocycles. The quantitative estimate of drug-likeness (QED) is 0.783. The highest BCUT2D eigenvalue weighted by Crippen LogP contribution is 2.32. The Morgan fingerprint density at radius 2 is 2.04 bits per heavy atom. The van der Waals surface area contributed by atoms with Crippen LogP contribution in [-0.2, 0) is 16.1 Å². The number of esters is 1. The van der Waals surface area contributed by atoms with E-state index in [1.54, 1.807) is 31.3 Å². The lowest BCUT2D eigenvalue weighted by molar-refractivity contribution is -0.133. The summed E-state index contributed by atoms with van der Waals surface area (Å²) in [6.45, 7) is 0.0990. The second kappa shape index (κ2) is 6.43.